The molecule has 33 heavy (non-hydrogen) atoms. The van der Waals surface area contributed by atoms with Crippen LogP contribution >= 0.6 is 24.0 Å². The van der Waals surface area contributed by atoms with Crippen LogP contribution in [0.4, 0.5) is 0 Å². The number of aliphatic carboxylic acids is 1. The minimum Gasteiger partial charge on any atom is -0.481 e. The number of benzene rings is 1. The number of hydrogen-bond acceptors (Lipinski definition) is 7. The maximum absolute atomic E-state index is 13.0. The first-order valence-corrected chi connectivity index (χ1v) is 13.0. The molecule has 2 heterocycles. The van der Waals surface area contributed by atoms with Gasteiger partial charge < -0.3 is 9.52 Å². The zero-order valence-electron chi connectivity index (χ0n) is 17.7. The van der Waals surface area contributed by atoms with E-state index in [0.717, 1.165) is 12.8 Å². The lowest BCUT2D eigenvalue weighted by molar-refractivity contribution is -0.144. The van der Waals surface area contributed by atoms with Crippen LogP contribution in [0, 0.1) is 5.92 Å². The normalized spacial score (nSPS) is 22.8. The molecule has 2 unspecified atom stereocenters. The van der Waals surface area contributed by atoms with E-state index in [1.54, 1.807) is 35.2 Å². The number of nitrogens with one attached hydrogen (secondary N) is 1. The molecule has 1 amide bonds. The number of furan rings is 1. The predicted octanol–water partition coefficient (Wildman–Crippen LogP) is 3.70. The van der Waals surface area contributed by atoms with Gasteiger partial charge in [0, 0.05) is 17.7 Å². The van der Waals surface area contributed by atoms with Crippen LogP contribution in [0.2, 0.25) is 0 Å². The third-order valence-electron chi connectivity index (χ3n) is 5.80. The molecule has 11 heteroatoms. The van der Waals surface area contributed by atoms with Gasteiger partial charge in [-0.1, -0.05) is 30.4 Å². The minimum absolute atomic E-state index is 0.150. The lowest BCUT2D eigenvalue weighted by Gasteiger charge is -2.32. The molecule has 1 aromatic carbocycles. The Kier molecular flexibility index (Phi) is 6.76. The molecule has 2 atom stereocenters. The molecule has 174 valence electrons. The van der Waals surface area contributed by atoms with Crippen molar-refractivity contribution < 1.29 is 27.5 Å². The predicted molar refractivity (Wildman–Crippen MR) is 129 cm³/mol. The molecule has 1 aliphatic heterocycles. The molecule has 1 aromatic heterocycles. The zero-order valence-corrected chi connectivity index (χ0v) is 20.1. The fourth-order valence-corrected chi connectivity index (χ4v) is 6.16. The van der Waals surface area contributed by atoms with E-state index in [1.807, 2.05) is 0 Å². The quantitative estimate of drug-likeness (QED) is 0.450. The zero-order chi connectivity index (χ0) is 23.8. The van der Waals surface area contributed by atoms with Crippen molar-refractivity contribution in [1.82, 2.24) is 9.62 Å². The summed E-state index contributed by atoms with van der Waals surface area (Å²) in [5, 5.41) is 9.34. The standard InChI is InChI=1S/C22H22N2O6S3/c1-23-33(28,29)17-8-5-13(6-9-17)18-10-7-16(30-18)12-19-20(25)24(22(31)32-19)15-4-2-3-14(11-15)21(26)27/h5-10,12,14-15,23H,2-4,11H2,1H3,(H,26,27). The molecule has 2 N–H and O–H groups in total. The lowest BCUT2D eigenvalue weighted by atomic mass is 9.85. The number of rotatable bonds is 6. The Labute approximate surface area is 201 Å². The highest BCUT2D eigenvalue weighted by Crippen LogP contribution is 2.39. The lowest BCUT2D eigenvalue weighted by Crippen LogP contribution is -2.42. The second-order valence-electron chi connectivity index (χ2n) is 7.84. The van der Waals surface area contributed by atoms with Crippen LogP contribution in [0.15, 0.2) is 50.6 Å². The van der Waals surface area contributed by atoms with Crippen LogP contribution in [-0.2, 0) is 19.6 Å². The Bertz CT molecular complexity index is 1230. The summed E-state index contributed by atoms with van der Waals surface area (Å²) in [5.74, 6) is -0.535. The van der Waals surface area contributed by atoms with Crippen LogP contribution in [0.25, 0.3) is 17.4 Å². The first-order valence-electron chi connectivity index (χ1n) is 10.3. The fourth-order valence-electron chi connectivity index (χ4n) is 4.05. The summed E-state index contributed by atoms with van der Waals surface area (Å²) in [6.07, 6.45) is 4.12. The number of carbonyl (C=O) groups excluding carboxylic acids is 1. The Morgan fingerprint density at radius 2 is 1.97 bits per heavy atom. The largest absolute Gasteiger partial charge is 0.481 e. The third kappa shape index (κ3) is 4.91. The average molecular weight is 507 g/mol. The molecule has 2 fully saturated rings. The smallest absolute Gasteiger partial charge is 0.306 e. The van der Waals surface area contributed by atoms with Crippen molar-refractivity contribution in [3.63, 3.8) is 0 Å². The summed E-state index contributed by atoms with van der Waals surface area (Å²) in [4.78, 5) is 26.5. The van der Waals surface area contributed by atoms with E-state index in [-0.39, 0.29) is 16.8 Å². The van der Waals surface area contributed by atoms with Crippen LogP contribution in [0.1, 0.15) is 31.4 Å². The molecule has 2 aromatic rings. The Hall–Kier alpha value is -2.47. The van der Waals surface area contributed by atoms with E-state index in [2.05, 4.69) is 4.72 Å². The van der Waals surface area contributed by atoms with Gasteiger partial charge in [0.1, 0.15) is 15.8 Å². The average Bonchev–Trinajstić information content (AvgIpc) is 3.38. The van der Waals surface area contributed by atoms with Crippen molar-refractivity contribution in [2.24, 2.45) is 5.92 Å². The number of carbonyl (C=O) groups is 2. The summed E-state index contributed by atoms with van der Waals surface area (Å²) < 4.78 is 32.3. The van der Waals surface area contributed by atoms with E-state index in [9.17, 15) is 23.1 Å². The van der Waals surface area contributed by atoms with Gasteiger partial charge in [0.2, 0.25) is 10.0 Å². The van der Waals surface area contributed by atoms with E-state index < -0.39 is 21.9 Å². The third-order valence-corrected chi connectivity index (χ3v) is 8.56. The first-order chi connectivity index (χ1) is 15.7. The molecule has 4 rings (SSSR count). The molecule has 1 saturated carbocycles. The van der Waals surface area contributed by atoms with Crippen molar-refractivity contribution in [2.75, 3.05) is 7.05 Å². The van der Waals surface area contributed by atoms with E-state index in [1.165, 1.54) is 30.9 Å². The van der Waals surface area contributed by atoms with E-state index in [4.69, 9.17) is 16.6 Å². The van der Waals surface area contributed by atoms with Gasteiger partial charge in [0.15, 0.2) is 0 Å². The van der Waals surface area contributed by atoms with Crippen LogP contribution < -0.4 is 4.72 Å². The van der Waals surface area contributed by atoms with Crippen LogP contribution in [0.5, 0.6) is 0 Å². The summed E-state index contributed by atoms with van der Waals surface area (Å²) in [6.45, 7) is 0. The number of thioether (sulfide) groups is 1. The van der Waals surface area contributed by atoms with Crippen LogP contribution in [-0.4, -0.2) is 47.7 Å². The van der Waals surface area contributed by atoms with Gasteiger partial charge in [-0.2, -0.15) is 0 Å². The molecule has 1 aliphatic carbocycles. The number of hydrogen-bond donors (Lipinski definition) is 2. The molecule has 0 spiro atoms. The number of carboxylic acids is 1. The molecule has 0 radical (unpaired) electrons. The molecule has 8 nitrogen and oxygen atoms in total. The Balaban J connectivity index is 1.51. The molecule has 2 aliphatic rings. The van der Waals surface area contributed by atoms with Crippen molar-refractivity contribution in [3.8, 4) is 11.3 Å². The first kappa shape index (κ1) is 23.7. The second kappa shape index (κ2) is 9.41. The Morgan fingerprint density at radius 3 is 2.64 bits per heavy atom. The number of thiocarbonyl (C=S) groups is 1. The molecule has 0 bridgehead atoms. The monoisotopic (exact) mass is 506 g/mol. The van der Waals surface area contributed by atoms with Crippen molar-refractivity contribution in [2.45, 2.75) is 36.6 Å². The van der Waals surface area contributed by atoms with Gasteiger partial charge in [0.05, 0.1) is 15.7 Å². The minimum atomic E-state index is -3.52. The number of amides is 1. The van der Waals surface area contributed by atoms with Crippen molar-refractivity contribution >= 4 is 56.3 Å². The van der Waals surface area contributed by atoms with Gasteiger partial charge in [-0.3, -0.25) is 14.5 Å². The fraction of sp³-hybridized carbons (Fsp3) is 0.318. The molecule has 1 saturated heterocycles. The maximum atomic E-state index is 13.0. The van der Waals surface area contributed by atoms with Gasteiger partial charge in [0.25, 0.3) is 5.91 Å². The maximum Gasteiger partial charge on any atom is 0.306 e. The van der Waals surface area contributed by atoms with Gasteiger partial charge in [-0.05, 0) is 62.7 Å². The van der Waals surface area contributed by atoms with E-state index in [0.29, 0.717) is 39.2 Å². The number of sulfonamides is 1. The highest BCUT2D eigenvalue weighted by atomic mass is 32.2. The summed E-state index contributed by atoms with van der Waals surface area (Å²) >= 11 is 6.60. The highest BCUT2D eigenvalue weighted by molar-refractivity contribution is 8.26. The van der Waals surface area contributed by atoms with Crippen molar-refractivity contribution in [1.29, 1.82) is 0 Å². The summed E-state index contributed by atoms with van der Waals surface area (Å²) in [7, 11) is -2.17. The molecular weight excluding hydrogens is 484 g/mol. The number of carboxylic acid groups (broad SMARTS) is 1. The van der Waals surface area contributed by atoms with Gasteiger partial charge in [-0.15, -0.1) is 0 Å². The van der Waals surface area contributed by atoms with Crippen LogP contribution in [0.3, 0.4) is 0 Å². The SMILES string of the molecule is CNS(=O)(=O)c1ccc(-c2ccc(C=C3SC(=S)N(C4CCCC(C(=O)O)C4)C3=O)o2)cc1. The summed E-state index contributed by atoms with van der Waals surface area (Å²) in [5.41, 5.74) is 0.694. The number of nitrogens with zero attached hydrogens (tertiary/aromatic N) is 1. The second-order valence-corrected chi connectivity index (χ2v) is 11.4. The molecular formula is C22H22N2O6S3. The van der Waals surface area contributed by atoms with Crippen molar-refractivity contribution in [3.05, 3.63) is 47.1 Å². The van der Waals surface area contributed by atoms with Gasteiger partial charge in [-0.25, -0.2) is 13.1 Å². The van der Waals surface area contributed by atoms with Gasteiger partial charge >= 0.3 is 5.97 Å². The Morgan fingerprint density at radius 1 is 1.24 bits per heavy atom. The summed E-state index contributed by atoms with van der Waals surface area (Å²) in [6, 6.07) is 9.53. The highest BCUT2D eigenvalue weighted by Gasteiger charge is 2.40. The topological polar surface area (TPSA) is 117 Å². The van der Waals surface area contributed by atoms with E-state index >= 15 is 0 Å².